The molecule has 3 fully saturated rings. The summed E-state index contributed by atoms with van der Waals surface area (Å²) in [5, 5.41) is 12.3. The zero-order chi connectivity index (χ0) is 27.9. The van der Waals surface area contributed by atoms with Crippen molar-refractivity contribution in [2.24, 2.45) is 17.8 Å². The van der Waals surface area contributed by atoms with Crippen LogP contribution in [0.2, 0.25) is 0 Å². The summed E-state index contributed by atoms with van der Waals surface area (Å²) in [6, 6.07) is 12.5. The minimum atomic E-state index is -0.833. The highest BCUT2D eigenvalue weighted by Gasteiger charge is 2.77. The average molecular weight is 549 g/mol. The third-order valence-electron chi connectivity index (χ3n) is 8.73. The molecule has 2 aromatic rings. The second kappa shape index (κ2) is 10.8. The molecular weight excluding hydrogens is 512 g/mol. The standard InChI is InChI=1S/C31H36N2O5S/c1-5-14-32(23-13-12-20-10-8-9-11-21(20)17-23)29(36)27-31-19(4)16-24(39-31)25(30(37)38-15-6-2)26(31)28(35)33(27)22(7-3)18-34/h5-6,8-13,17,19,22,24-27,34H,1-2,7,14-16,18H2,3-4H3/t19?,22-,24-,25+,26-,27?,31?/m0/s1. The number of esters is 1. The lowest BCUT2D eigenvalue weighted by atomic mass is 9.66. The number of amides is 2. The topological polar surface area (TPSA) is 87.2 Å². The molecule has 2 bridgehead atoms. The molecule has 2 amide bonds. The summed E-state index contributed by atoms with van der Waals surface area (Å²) in [6.07, 6.45) is 4.40. The van der Waals surface area contributed by atoms with Crippen molar-refractivity contribution in [1.29, 1.82) is 0 Å². The van der Waals surface area contributed by atoms with Crippen LogP contribution in [0.15, 0.2) is 67.8 Å². The lowest BCUT2D eigenvalue weighted by Gasteiger charge is -2.42. The lowest BCUT2D eigenvalue weighted by molar-refractivity contribution is -0.154. The Balaban J connectivity index is 1.62. The van der Waals surface area contributed by atoms with Crippen LogP contribution in [-0.2, 0) is 19.1 Å². The maximum atomic E-state index is 14.7. The van der Waals surface area contributed by atoms with E-state index >= 15 is 0 Å². The van der Waals surface area contributed by atoms with Crippen LogP contribution in [0, 0.1) is 17.8 Å². The van der Waals surface area contributed by atoms with Crippen LogP contribution in [-0.4, -0.2) is 69.6 Å². The van der Waals surface area contributed by atoms with Gasteiger partial charge in [-0.1, -0.05) is 62.9 Å². The molecule has 7 atom stereocenters. The van der Waals surface area contributed by atoms with E-state index in [1.54, 1.807) is 27.6 Å². The molecule has 3 aliphatic heterocycles. The van der Waals surface area contributed by atoms with Gasteiger partial charge in [0.25, 0.3) is 5.91 Å². The molecule has 0 aromatic heterocycles. The number of aliphatic hydroxyl groups is 1. The SMILES string of the molecule is C=CCOC(=O)[C@@H]1[C@@H]2CC(C)C3(S2)C(C(=O)N(CC=C)c2ccc4ccccc4c2)N([C@@H](CC)CO)C(=O)[C@H]13. The van der Waals surface area contributed by atoms with Gasteiger partial charge in [-0.3, -0.25) is 14.4 Å². The number of fused-ring (bicyclic) bond motifs is 2. The normalized spacial score (nSPS) is 29.8. The smallest absolute Gasteiger partial charge is 0.311 e. The number of carbonyl (C=O) groups excluding carboxylic acids is 3. The number of benzene rings is 2. The predicted octanol–water partition coefficient (Wildman–Crippen LogP) is 4.20. The Morgan fingerprint density at radius 3 is 2.64 bits per heavy atom. The van der Waals surface area contributed by atoms with Crippen molar-refractivity contribution in [3.8, 4) is 0 Å². The summed E-state index contributed by atoms with van der Waals surface area (Å²) in [4.78, 5) is 45.5. The maximum Gasteiger partial charge on any atom is 0.311 e. The van der Waals surface area contributed by atoms with E-state index in [0.29, 0.717) is 12.8 Å². The fourth-order valence-corrected chi connectivity index (χ4v) is 9.39. The highest BCUT2D eigenvalue weighted by Crippen LogP contribution is 2.69. The fourth-order valence-electron chi connectivity index (χ4n) is 7.00. The Bertz CT molecular complexity index is 1310. The van der Waals surface area contributed by atoms with Crippen LogP contribution in [0.5, 0.6) is 0 Å². The minimum absolute atomic E-state index is 0.0160. The Hall–Kier alpha value is -3.10. The number of aliphatic hydroxyl groups excluding tert-OH is 1. The van der Waals surface area contributed by atoms with Crippen LogP contribution in [0.3, 0.4) is 0 Å². The summed E-state index contributed by atoms with van der Waals surface area (Å²) in [6.45, 7) is 11.6. The monoisotopic (exact) mass is 548 g/mol. The number of rotatable bonds is 10. The second-order valence-corrected chi connectivity index (χ2v) is 12.3. The molecule has 2 aromatic carbocycles. The third-order valence-corrected chi connectivity index (χ3v) is 10.8. The summed E-state index contributed by atoms with van der Waals surface area (Å²) in [5.41, 5.74) is 0.718. The van der Waals surface area contributed by atoms with Crippen molar-refractivity contribution >= 4 is 46.0 Å². The number of anilines is 1. The van der Waals surface area contributed by atoms with E-state index < -0.39 is 34.6 Å². The largest absolute Gasteiger partial charge is 0.461 e. The molecule has 3 heterocycles. The number of thioether (sulfide) groups is 1. The highest BCUT2D eigenvalue weighted by atomic mass is 32.2. The first kappa shape index (κ1) is 27.5. The lowest BCUT2D eigenvalue weighted by Crippen LogP contribution is -2.59. The Morgan fingerprint density at radius 2 is 1.97 bits per heavy atom. The van der Waals surface area contributed by atoms with E-state index in [1.807, 2.05) is 49.4 Å². The maximum absolute atomic E-state index is 14.7. The minimum Gasteiger partial charge on any atom is -0.461 e. The third kappa shape index (κ3) is 4.19. The number of likely N-dealkylation sites (tertiary alicyclic amines) is 1. The highest BCUT2D eigenvalue weighted by molar-refractivity contribution is 8.02. The number of ether oxygens (including phenoxy) is 1. The van der Waals surface area contributed by atoms with Gasteiger partial charge in [0.2, 0.25) is 5.91 Å². The van der Waals surface area contributed by atoms with Crippen molar-refractivity contribution in [3.05, 3.63) is 67.8 Å². The van der Waals surface area contributed by atoms with Crippen molar-refractivity contribution in [2.45, 2.75) is 48.8 Å². The predicted molar refractivity (Wildman–Crippen MR) is 154 cm³/mol. The van der Waals surface area contributed by atoms with E-state index in [2.05, 4.69) is 20.1 Å². The number of hydrogen-bond acceptors (Lipinski definition) is 6. The van der Waals surface area contributed by atoms with Crippen molar-refractivity contribution in [2.75, 3.05) is 24.7 Å². The van der Waals surface area contributed by atoms with E-state index in [1.165, 1.54) is 6.08 Å². The van der Waals surface area contributed by atoms with Gasteiger partial charge in [0.05, 0.1) is 29.2 Å². The second-order valence-electron chi connectivity index (χ2n) is 10.7. The number of nitrogens with zero attached hydrogens (tertiary/aromatic N) is 2. The zero-order valence-electron chi connectivity index (χ0n) is 22.5. The fraction of sp³-hybridized carbons (Fsp3) is 0.452. The molecule has 1 spiro atoms. The van der Waals surface area contributed by atoms with Crippen LogP contribution < -0.4 is 4.90 Å². The first-order valence-corrected chi connectivity index (χ1v) is 14.5. The van der Waals surface area contributed by atoms with Crippen LogP contribution >= 0.6 is 11.8 Å². The summed E-state index contributed by atoms with van der Waals surface area (Å²) >= 11 is 1.60. The molecule has 206 valence electrons. The van der Waals surface area contributed by atoms with Gasteiger partial charge in [0.15, 0.2) is 0 Å². The van der Waals surface area contributed by atoms with Gasteiger partial charge in [0.1, 0.15) is 12.6 Å². The van der Waals surface area contributed by atoms with Crippen molar-refractivity contribution < 1.29 is 24.2 Å². The molecule has 5 rings (SSSR count). The van der Waals surface area contributed by atoms with Crippen LogP contribution in [0.1, 0.15) is 26.7 Å². The Kier molecular flexibility index (Phi) is 7.62. The molecular formula is C31H36N2O5S. The molecule has 39 heavy (non-hydrogen) atoms. The molecule has 3 unspecified atom stereocenters. The summed E-state index contributed by atoms with van der Waals surface area (Å²) in [5.74, 6) is -2.18. The van der Waals surface area contributed by atoms with E-state index in [-0.39, 0.29) is 42.7 Å². The van der Waals surface area contributed by atoms with Gasteiger partial charge in [-0.15, -0.1) is 18.3 Å². The molecule has 3 saturated heterocycles. The summed E-state index contributed by atoms with van der Waals surface area (Å²) < 4.78 is 4.66. The van der Waals surface area contributed by atoms with Crippen molar-refractivity contribution in [3.63, 3.8) is 0 Å². The van der Waals surface area contributed by atoms with Gasteiger partial charge in [-0.2, -0.15) is 0 Å². The van der Waals surface area contributed by atoms with Crippen LogP contribution in [0.25, 0.3) is 10.8 Å². The average Bonchev–Trinajstić information content (AvgIpc) is 3.54. The van der Waals surface area contributed by atoms with Gasteiger partial charge < -0.3 is 19.6 Å². The number of carbonyl (C=O) groups is 3. The molecule has 7 nitrogen and oxygen atoms in total. The molecule has 0 aliphatic carbocycles. The van der Waals surface area contributed by atoms with Gasteiger partial charge in [0, 0.05) is 17.5 Å². The molecule has 0 saturated carbocycles. The molecule has 1 N–H and O–H groups in total. The Labute approximate surface area is 233 Å². The molecule has 8 heteroatoms. The quantitative estimate of drug-likeness (QED) is 0.354. The molecule has 0 radical (unpaired) electrons. The van der Waals surface area contributed by atoms with Gasteiger partial charge in [-0.25, -0.2) is 0 Å². The molecule has 3 aliphatic rings. The Morgan fingerprint density at radius 1 is 1.23 bits per heavy atom. The van der Waals surface area contributed by atoms with Crippen LogP contribution in [0.4, 0.5) is 5.69 Å². The number of hydrogen-bond donors (Lipinski definition) is 1. The van der Waals surface area contributed by atoms with E-state index in [9.17, 15) is 19.5 Å². The first-order valence-electron chi connectivity index (χ1n) is 13.6. The van der Waals surface area contributed by atoms with E-state index in [0.717, 1.165) is 16.5 Å². The van der Waals surface area contributed by atoms with Crippen molar-refractivity contribution in [1.82, 2.24) is 4.90 Å². The van der Waals surface area contributed by atoms with Gasteiger partial charge >= 0.3 is 5.97 Å². The first-order chi connectivity index (χ1) is 18.8. The van der Waals surface area contributed by atoms with Gasteiger partial charge in [-0.05, 0) is 41.7 Å². The summed E-state index contributed by atoms with van der Waals surface area (Å²) in [7, 11) is 0. The zero-order valence-corrected chi connectivity index (χ0v) is 23.3. The van der Waals surface area contributed by atoms with E-state index in [4.69, 9.17) is 4.74 Å².